The van der Waals surface area contributed by atoms with E-state index >= 15 is 0 Å². The van der Waals surface area contributed by atoms with E-state index in [1.54, 1.807) is 0 Å². The zero-order chi connectivity index (χ0) is 9.35. The molecule has 1 rings (SSSR count). The molecule has 0 saturated carbocycles. The Kier molecular flexibility index (Phi) is 2.63. The van der Waals surface area contributed by atoms with Crippen molar-refractivity contribution >= 4 is 27.5 Å². The van der Waals surface area contributed by atoms with Crippen molar-refractivity contribution in [2.24, 2.45) is 0 Å². The third kappa shape index (κ3) is 2.10. The van der Waals surface area contributed by atoms with Gasteiger partial charge in [0.1, 0.15) is 5.15 Å². The lowest BCUT2D eigenvalue weighted by molar-refractivity contribution is -0.137. The van der Waals surface area contributed by atoms with E-state index in [0.29, 0.717) is 0 Å². The van der Waals surface area contributed by atoms with Crippen molar-refractivity contribution in [1.29, 1.82) is 0 Å². The molecule has 0 unspecified atom stereocenters. The Labute approximate surface area is 79.7 Å². The van der Waals surface area contributed by atoms with Gasteiger partial charge in [-0.2, -0.15) is 13.2 Å². The summed E-state index contributed by atoms with van der Waals surface area (Å²) in [5, 5.41) is -0.536. The van der Waals surface area contributed by atoms with Crippen LogP contribution in [-0.4, -0.2) is 4.98 Å². The van der Waals surface area contributed by atoms with E-state index in [-0.39, 0.29) is 4.47 Å². The number of hydrogen-bond donors (Lipinski definition) is 0. The molecule has 0 atom stereocenters. The predicted molar refractivity (Wildman–Crippen MR) is 41.9 cm³/mol. The molecule has 1 nitrogen and oxygen atoms in total. The molecule has 0 aromatic carbocycles. The molecule has 6 heteroatoms. The highest BCUT2D eigenvalue weighted by atomic mass is 79.9. The van der Waals surface area contributed by atoms with Gasteiger partial charge in [-0.25, -0.2) is 4.98 Å². The summed E-state index contributed by atoms with van der Waals surface area (Å²) < 4.78 is 36.5. The quantitative estimate of drug-likeness (QED) is 0.650. The lowest BCUT2D eigenvalue weighted by atomic mass is 10.3. The monoisotopic (exact) mass is 259 g/mol. The summed E-state index contributed by atoms with van der Waals surface area (Å²) in [7, 11) is 0. The third-order valence-corrected chi connectivity index (χ3v) is 1.85. The maximum atomic E-state index is 12.1. The fourth-order valence-corrected chi connectivity index (χ4v) is 1.16. The molecule has 12 heavy (non-hydrogen) atoms. The van der Waals surface area contributed by atoms with Crippen LogP contribution >= 0.6 is 27.5 Å². The van der Waals surface area contributed by atoms with Crippen LogP contribution in [0.25, 0.3) is 0 Å². The molecule has 0 N–H and O–H groups in total. The average molecular weight is 260 g/mol. The fraction of sp³-hybridized carbons (Fsp3) is 0.167. The molecule has 0 amide bonds. The molecule has 66 valence electrons. The Morgan fingerprint density at radius 1 is 1.42 bits per heavy atom. The number of nitrogens with zero attached hydrogens (tertiary/aromatic N) is 1. The molecule has 1 heterocycles. The van der Waals surface area contributed by atoms with Crippen LogP contribution in [0.5, 0.6) is 0 Å². The first-order valence-corrected chi connectivity index (χ1v) is 3.96. The second-order valence-corrected chi connectivity index (χ2v) is 3.26. The zero-order valence-corrected chi connectivity index (χ0v) is 7.83. The van der Waals surface area contributed by atoms with E-state index in [1.807, 2.05) is 0 Å². The van der Waals surface area contributed by atoms with Crippen LogP contribution in [-0.2, 0) is 6.18 Å². The molecule has 1 aromatic rings. The third-order valence-electron chi connectivity index (χ3n) is 1.11. The Hall–Kier alpha value is -0.290. The van der Waals surface area contributed by atoms with Crippen LogP contribution in [0, 0.1) is 0 Å². The number of pyridine rings is 1. The lowest BCUT2D eigenvalue weighted by Gasteiger charge is -2.07. The number of hydrogen-bond acceptors (Lipinski definition) is 1. The number of halogens is 5. The van der Waals surface area contributed by atoms with Crippen LogP contribution in [0.3, 0.4) is 0 Å². The number of alkyl halides is 3. The largest absolute Gasteiger partial charge is 0.419 e. The molecular weight excluding hydrogens is 258 g/mol. The van der Waals surface area contributed by atoms with Gasteiger partial charge in [0.25, 0.3) is 0 Å². The second-order valence-electron chi connectivity index (χ2n) is 1.99. The van der Waals surface area contributed by atoms with Crippen LogP contribution < -0.4 is 0 Å². The molecule has 0 aliphatic heterocycles. The van der Waals surface area contributed by atoms with Gasteiger partial charge in [-0.1, -0.05) is 11.6 Å². The standard InChI is InChI=1S/C6H2BrClF3N/c7-3-1-4(6(9,10)11)5(8)12-2-3/h1-2H. The minimum Gasteiger partial charge on any atom is -0.243 e. The number of rotatable bonds is 0. The molecule has 0 fully saturated rings. The Bertz CT molecular complexity index is 299. The van der Waals surface area contributed by atoms with Crippen LogP contribution in [0.4, 0.5) is 13.2 Å². The topological polar surface area (TPSA) is 12.9 Å². The summed E-state index contributed by atoms with van der Waals surface area (Å²) in [6.07, 6.45) is -3.24. The molecule has 0 bridgehead atoms. The smallest absolute Gasteiger partial charge is 0.243 e. The van der Waals surface area contributed by atoms with Gasteiger partial charge in [0.15, 0.2) is 0 Å². The van der Waals surface area contributed by atoms with E-state index in [9.17, 15) is 13.2 Å². The lowest BCUT2D eigenvalue weighted by Crippen LogP contribution is -2.06. The minimum atomic E-state index is -4.45. The van der Waals surface area contributed by atoms with Crippen molar-refractivity contribution < 1.29 is 13.2 Å². The average Bonchev–Trinajstić information content (AvgIpc) is 1.92. The van der Waals surface area contributed by atoms with Crippen molar-refractivity contribution in [3.8, 4) is 0 Å². The Balaban J connectivity index is 3.23. The normalized spacial score (nSPS) is 11.8. The van der Waals surface area contributed by atoms with Crippen molar-refractivity contribution in [2.45, 2.75) is 6.18 Å². The number of aromatic nitrogens is 1. The first-order valence-electron chi connectivity index (χ1n) is 2.79. The summed E-state index contributed by atoms with van der Waals surface area (Å²) in [5.41, 5.74) is -0.932. The van der Waals surface area contributed by atoms with Crippen molar-refractivity contribution in [3.05, 3.63) is 27.5 Å². The van der Waals surface area contributed by atoms with E-state index in [0.717, 1.165) is 6.07 Å². The molecule has 0 aliphatic rings. The summed E-state index contributed by atoms with van der Waals surface area (Å²) in [6, 6.07) is 0.884. The van der Waals surface area contributed by atoms with E-state index < -0.39 is 16.9 Å². The minimum absolute atomic E-state index is 0.249. The van der Waals surface area contributed by atoms with Crippen molar-refractivity contribution in [1.82, 2.24) is 4.98 Å². The molecular formula is C6H2BrClF3N. The summed E-state index contributed by atoms with van der Waals surface area (Å²) >= 11 is 8.10. The maximum absolute atomic E-state index is 12.1. The van der Waals surface area contributed by atoms with Crippen LogP contribution in [0.15, 0.2) is 16.7 Å². The van der Waals surface area contributed by atoms with Gasteiger partial charge in [0.2, 0.25) is 0 Å². The molecule has 0 radical (unpaired) electrons. The van der Waals surface area contributed by atoms with Crippen molar-refractivity contribution in [2.75, 3.05) is 0 Å². The second kappa shape index (κ2) is 3.22. The molecule has 0 aliphatic carbocycles. The highest BCUT2D eigenvalue weighted by molar-refractivity contribution is 9.10. The van der Waals surface area contributed by atoms with Crippen LogP contribution in [0.1, 0.15) is 5.56 Å². The summed E-state index contributed by atoms with van der Waals surface area (Å²) in [4.78, 5) is 3.34. The van der Waals surface area contributed by atoms with Gasteiger partial charge in [-0.15, -0.1) is 0 Å². The summed E-state index contributed by atoms with van der Waals surface area (Å²) in [5.74, 6) is 0. The van der Waals surface area contributed by atoms with E-state index in [2.05, 4.69) is 20.9 Å². The molecule has 0 spiro atoms. The highest BCUT2D eigenvalue weighted by Crippen LogP contribution is 2.34. The van der Waals surface area contributed by atoms with E-state index in [1.165, 1.54) is 6.20 Å². The maximum Gasteiger partial charge on any atom is 0.419 e. The van der Waals surface area contributed by atoms with Gasteiger partial charge in [0.05, 0.1) is 5.56 Å². The first-order chi connectivity index (χ1) is 5.41. The predicted octanol–water partition coefficient (Wildman–Crippen LogP) is 3.52. The SMILES string of the molecule is FC(F)(F)c1cc(Br)cnc1Cl. The molecule has 0 saturated heterocycles. The van der Waals surface area contributed by atoms with Gasteiger partial charge in [-0.3, -0.25) is 0 Å². The molecule has 1 aromatic heterocycles. The van der Waals surface area contributed by atoms with Gasteiger partial charge < -0.3 is 0 Å². The first kappa shape index (κ1) is 9.80. The van der Waals surface area contributed by atoms with Gasteiger partial charge in [-0.05, 0) is 22.0 Å². The van der Waals surface area contributed by atoms with Gasteiger partial charge >= 0.3 is 6.18 Å². The van der Waals surface area contributed by atoms with Crippen molar-refractivity contribution in [3.63, 3.8) is 0 Å². The zero-order valence-electron chi connectivity index (χ0n) is 5.49. The fourth-order valence-electron chi connectivity index (χ4n) is 0.621. The van der Waals surface area contributed by atoms with Gasteiger partial charge in [0, 0.05) is 10.7 Å². The van der Waals surface area contributed by atoms with Crippen LogP contribution in [0.2, 0.25) is 5.15 Å². The van der Waals surface area contributed by atoms with E-state index in [4.69, 9.17) is 11.6 Å². The summed E-state index contributed by atoms with van der Waals surface area (Å²) in [6.45, 7) is 0. The Morgan fingerprint density at radius 3 is 2.42 bits per heavy atom. The highest BCUT2D eigenvalue weighted by Gasteiger charge is 2.33. The Morgan fingerprint density at radius 2 is 2.00 bits per heavy atom.